The number of hydrogen-bond donors (Lipinski definition) is 2. The largest absolute Gasteiger partial charge is 0.468 e. The summed E-state index contributed by atoms with van der Waals surface area (Å²) in [4.78, 5) is 22.0. The van der Waals surface area contributed by atoms with Crippen LogP contribution in [-0.4, -0.2) is 43.1 Å². The Morgan fingerprint density at radius 1 is 1.44 bits per heavy atom. The third kappa shape index (κ3) is 7.53. The van der Waals surface area contributed by atoms with Crippen molar-refractivity contribution in [3.8, 4) is 0 Å². The van der Waals surface area contributed by atoms with Gasteiger partial charge in [0.25, 0.3) is 0 Å². The van der Waals surface area contributed by atoms with Gasteiger partial charge < -0.3 is 15.8 Å². The predicted octanol–water partition coefficient (Wildman–Crippen LogP) is 0.136. The SMILES string of the molecule is CCNC(=O)CCSCCC(N)C(=O)OC. The van der Waals surface area contributed by atoms with E-state index in [1.54, 1.807) is 11.8 Å². The molecule has 0 saturated heterocycles. The Bertz CT molecular complexity index is 224. The summed E-state index contributed by atoms with van der Waals surface area (Å²) < 4.78 is 4.50. The second-order valence-electron chi connectivity index (χ2n) is 3.23. The lowest BCUT2D eigenvalue weighted by Crippen LogP contribution is -2.32. The van der Waals surface area contributed by atoms with E-state index in [4.69, 9.17) is 5.73 Å². The van der Waals surface area contributed by atoms with E-state index < -0.39 is 6.04 Å². The Hall–Kier alpha value is -0.750. The molecule has 0 aliphatic heterocycles. The normalized spacial score (nSPS) is 11.9. The van der Waals surface area contributed by atoms with Crippen LogP contribution in [0.15, 0.2) is 0 Å². The minimum Gasteiger partial charge on any atom is -0.468 e. The van der Waals surface area contributed by atoms with Gasteiger partial charge in [0.05, 0.1) is 7.11 Å². The average Bonchev–Trinajstić information content (AvgIpc) is 2.27. The van der Waals surface area contributed by atoms with Crippen LogP contribution in [0.5, 0.6) is 0 Å². The van der Waals surface area contributed by atoms with E-state index in [1.165, 1.54) is 7.11 Å². The van der Waals surface area contributed by atoms with Gasteiger partial charge in [0, 0.05) is 18.7 Å². The molecule has 1 atom stereocenters. The molecule has 1 unspecified atom stereocenters. The molecule has 0 aromatic rings. The fourth-order valence-electron chi connectivity index (χ4n) is 1.03. The summed E-state index contributed by atoms with van der Waals surface area (Å²) in [5.41, 5.74) is 5.55. The lowest BCUT2D eigenvalue weighted by Gasteiger charge is -2.08. The molecule has 0 aromatic heterocycles. The van der Waals surface area contributed by atoms with E-state index in [0.29, 0.717) is 19.4 Å². The maximum Gasteiger partial charge on any atom is 0.322 e. The fourth-order valence-corrected chi connectivity index (χ4v) is 1.99. The summed E-state index contributed by atoms with van der Waals surface area (Å²) in [5.74, 6) is 1.19. The van der Waals surface area contributed by atoms with Crippen molar-refractivity contribution in [2.24, 2.45) is 5.73 Å². The first-order chi connectivity index (χ1) is 7.61. The molecule has 0 rings (SSSR count). The monoisotopic (exact) mass is 248 g/mol. The average molecular weight is 248 g/mol. The van der Waals surface area contributed by atoms with Crippen LogP contribution in [0.2, 0.25) is 0 Å². The summed E-state index contributed by atoms with van der Waals surface area (Å²) in [6.07, 6.45) is 1.08. The van der Waals surface area contributed by atoms with Crippen LogP contribution >= 0.6 is 11.8 Å². The molecule has 16 heavy (non-hydrogen) atoms. The third-order valence-electron chi connectivity index (χ3n) is 1.92. The third-order valence-corrected chi connectivity index (χ3v) is 2.94. The van der Waals surface area contributed by atoms with Crippen LogP contribution in [0.4, 0.5) is 0 Å². The van der Waals surface area contributed by atoms with Crippen molar-refractivity contribution >= 4 is 23.6 Å². The zero-order valence-electron chi connectivity index (χ0n) is 9.82. The first-order valence-electron chi connectivity index (χ1n) is 5.29. The second-order valence-corrected chi connectivity index (χ2v) is 4.46. The Morgan fingerprint density at radius 3 is 2.69 bits per heavy atom. The van der Waals surface area contributed by atoms with Crippen molar-refractivity contribution in [3.05, 3.63) is 0 Å². The molecule has 0 aliphatic carbocycles. The molecule has 0 fully saturated rings. The number of ether oxygens (including phenoxy) is 1. The zero-order chi connectivity index (χ0) is 12.4. The van der Waals surface area contributed by atoms with Crippen LogP contribution in [-0.2, 0) is 14.3 Å². The maximum absolute atomic E-state index is 11.1. The van der Waals surface area contributed by atoms with Crippen molar-refractivity contribution < 1.29 is 14.3 Å². The zero-order valence-corrected chi connectivity index (χ0v) is 10.6. The van der Waals surface area contributed by atoms with Gasteiger partial charge in [-0.25, -0.2) is 0 Å². The highest BCUT2D eigenvalue weighted by Gasteiger charge is 2.12. The number of rotatable bonds is 8. The topological polar surface area (TPSA) is 81.4 Å². The molecule has 1 amide bonds. The molecule has 0 heterocycles. The minimum atomic E-state index is -0.554. The number of amides is 1. The van der Waals surface area contributed by atoms with Crippen molar-refractivity contribution in [1.29, 1.82) is 0 Å². The van der Waals surface area contributed by atoms with Gasteiger partial charge in [0.2, 0.25) is 5.91 Å². The number of carbonyl (C=O) groups is 2. The predicted molar refractivity (Wildman–Crippen MR) is 65.2 cm³/mol. The number of methoxy groups -OCH3 is 1. The Balaban J connectivity index is 3.40. The van der Waals surface area contributed by atoms with Crippen LogP contribution in [0.1, 0.15) is 19.8 Å². The van der Waals surface area contributed by atoms with Gasteiger partial charge in [-0.1, -0.05) is 0 Å². The second kappa shape index (κ2) is 9.47. The molecule has 0 bridgehead atoms. The molecule has 3 N–H and O–H groups in total. The standard InChI is InChI=1S/C10H20N2O3S/c1-3-12-9(13)5-7-16-6-4-8(11)10(14)15-2/h8H,3-7,11H2,1-2H3,(H,12,13). The van der Waals surface area contributed by atoms with Gasteiger partial charge in [-0.15, -0.1) is 0 Å². The Morgan fingerprint density at radius 2 is 2.12 bits per heavy atom. The van der Waals surface area contributed by atoms with Gasteiger partial charge >= 0.3 is 5.97 Å². The Labute approximate surface area is 100 Å². The highest BCUT2D eigenvalue weighted by Crippen LogP contribution is 2.06. The fraction of sp³-hybridized carbons (Fsp3) is 0.800. The molecule has 0 spiro atoms. The molecule has 0 aliphatic rings. The quantitative estimate of drug-likeness (QED) is 0.471. The van der Waals surface area contributed by atoms with Crippen LogP contribution < -0.4 is 11.1 Å². The van der Waals surface area contributed by atoms with E-state index in [-0.39, 0.29) is 11.9 Å². The molecule has 5 nitrogen and oxygen atoms in total. The summed E-state index contributed by atoms with van der Waals surface area (Å²) in [6.45, 7) is 2.55. The number of nitrogens with one attached hydrogen (secondary N) is 1. The number of esters is 1. The lowest BCUT2D eigenvalue weighted by molar-refractivity contribution is -0.142. The van der Waals surface area contributed by atoms with Gasteiger partial charge in [-0.3, -0.25) is 9.59 Å². The molecular formula is C10H20N2O3S. The summed E-state index contributed by atoms with van der Waals surface area (Å²) in [6, 6.07) is -0.554. The number of hydrogen-bond acceptors (Lipinski definition) is 5. The van der Waals surface area contributed by atoms with Gasteiger partial charge in [0.15, 0.2) is 0 Å². The van der Waals surface area contributed by atoms with Crippen LogP contribution in [0.3, 0.4) is 0 Å². The molecule has 0 aromatic carbocycles. The smallest absolute Gasteiger partial charge is 0.322 e. The molecular weight excluding hydrogens is 228 g/mol. The first kappa shape index (κ1) is 15.2. The van der Waals surface area contributed by atoms with E-state index in [0.717, 1.165) is 11.5 Å². The summed E-state index contributed by atoms with van der Waals surface area (Å²) in [5, 5.41) is 2.72. The van der Waals surface area contributed by atoms with E-state index in [1.807, 2.05) is 6.92 Å². The van der Waals surface area contributed by atoms with Gasteiger partial charge in [0.1, 0.15) is 6.04 Å². The maximum atomic E-state index is 11.1. The highest BCUT2D eigenvalue weighted by molar-refractivity contribution is 7.99. The molecule has 6 heteroatoms. The number of nitrogens with two attached hydrogens (primary N) is 1. The van der Waals surface area contributed by atoms with Gasteiger partial charge in [-0.05, 0) is 19.1 Å². The van der Waals surface area contributed by atoms with Crippen LogP contribution in [0.25, 0.3) is 0 Å². The minimum absolute atomic E-state index is 0.0623. The van der Waals surface area contributed by atoms with Crippen molar-refractivity contribution in [3.63, 3.8) is 0 Å². The molecule has 94 valence electrons. The van der Waals surface area contributed by atoms with E-state index >= 15 is 0 Å². The van der Waals surface area contributed by atoms with E-state index in [9.17, 15) is 9.59 Å². The van der Waals surface area contributed by atoms with Crippen LogP contribution in [0, 0.1) is 0 Å². The molecule has 0 radical (unpaired) electrons. The highest BCUT2D eigenvalue weighted by atomic mass is 32.2. The number of carbonyl (C=O) groups excluding carboxylic acids is 2. The van der Waals surface area contributed by atoms with Gasteiger partial charge in [-0.2, -0.15) is 11.8 Å². The Kier molecular flexibility index (Phi) is 9.03. The van der Waals surface area contributed by atoms with E-state index in [2.05, 4.69) is 10.1 Å². The number of thioether (sulfide) groups is 1. The van der Waals surface area contributed by atoms with Crippen molar-refractivity contribution in [2.45, 2.75) is 25.8 Å². The summed E-state index contributed by atoms with van der Waals surface area (Å²) >= 11 is 1.62. The summed E-state index contributed by atoms with van der Waals surface area (Å²) in [7, 11) is 1.32. The lowest BCUT2D eigenvalue weighted by atomic mass is 10.2. The first-order valence-corrected chi connectivity index (χ1v) is 6.45. The van der Waals surface area contributed by atoms with Crippen molar-refractivity contribution in [2.75, 3.05) is 25.2 Å². The molecule has 0 saturated carbocycles. The van der Waals surface area contributed by atoms with Crippen molar-refractivity contribution in [1.82, 2.24) is 5.32 Å².